The first kappa shape index (κ1) is 18.6. The number of hydrogen-bond acceptors (Lipinski definition) is 7. The molecule has 0 atom stereocenters. The number of ether oxygens (including phenoxy) is 1. The molecule has 10 nitrogen and oxygen atoms in total. The summed E-state index contributed by atoms with van der Waals surface area (Å²) >= 11 is 0. The van der Waals surface area contributed by atoms with E-state index in [4.69, 9.17) is 9.15 Å². The van der Waals surface area contributed by atoms with E-state index in [0.717, 1.165) is 0 Å². The monoisotopic (exact) mass is 383 g/mol. The smallest absolute Gasteiger partial charge is 0.291 e. The second-order valence-electron chi connectivity index (χ2n) is 5.56. The quantitative estimate of drug-likeness (QED) is 0.482. The number of non-ortho nitro benzene ring substituents is 2. The first-order valence-electron chi connectivity index (χ1n) is 7.94. The molecule has 3 aromatic rings. The van der Waals surface area contributed by atoms with E-state index in [2.05, 4.69) is 5.32 Å². The van der Waals surface area contributed by atoms with Gasteiger partial charge in [0, 0.05) is 30.0 Å². The number of nitrogens with one attached hydrogen (secondary N) is 1. The molecule has 0 bridgehead atoms. The van der Waals surface area contributed by atoms with Crippen LogP contribution in [0, 0.1) is 20.2 Å². The van der Waals surface area contributed by atoms with Crippen molar-refractivity contribution in [2.45, 2.75) is 6.61 Å². The van der Waals surface area contributed by atoms with E-state index in [1.54, 1.807) is 6.07 Å². The minimum atomic E-state index is -0.532. The molecule has 0 aliphatic heterocycles. The molecular formula is C18H13N3O7. The summed E-state index contributed by atoms with van der Waals surface area (Å²) in [5.74, 6) is 0.321. The fraction of sp³-hybridized carbons (Fsp3) is 0.0556. The molecular weight excluding hydrogens is 370 g/mol. The van der Waals surface area contributed by atoms with Gasteiger partial charge in [0.15, 0.2) is 5.76 Å². The fourth-order valence-electron chi connectivity index (χ4n) is 2.26. The van der Waals surface area contributed by atoms with Gasteiger partial charge in [0.2, 0.25) is 0 Å². The molecule has 0 aliphatic carbocycles. The van der Waals surface area contributed by atoms with Crippen molar-refractivity contribution in [1.82, 2.24) is 0 Å². The van der Waals surface area contributed by atoms with Crippen LogP contribution in [0.2, 0.25) is 0 Å². The molecule has 0 spiro atoms. The Morgan fingerprint density at radius 2 is 1.46 bits per heavy atom. The van der Waals surface area contributed by atoms with Crippen LogP contribution < -0.4 is 10.1 Å². The number of rotatable bonds is 7. The predicted molar refractivity (Wildman–Crippen MR) is 97.2 cm³/mol. The van der Waals surface area contributed by atoms with Crippen LogP contribution in [0.1, 0.15) is 16.3 Å². The van der Waals surface area contributed by atoms with Gasteiger partial charge in [-0.1, -0.05) is 0 Å². The standard InChI is InChI=1S/C18H13N3O7/c22-18(19-12-1-3-13(4-2-12)20(23)24)17-10-9-16(28-17)11-27-15-7-5-14(6-8-15)21(25)26/h1-10H,11H2,(H,19,22). The van der Waals surface area contributed by atoms with E-state index < -0.39 is 15.8 Å². The number of nitrogens with zero attached hydrogens (tertiary/aromatic N) is 2. The van der Waals surface area contributed by atoms with Crippen molar-refractivity contribution in [3.63, 3.8) is 0 Å². The molecule has 0 saturated carbocycles. The van der Waals surface area contributed by atoms with Crippen LogP contribution in [0.5, 0.6) is 5.75 Å². The molecule has 0 saturated heterocycles. The van der Waals surface area contributed by atoms with Gasteiger partial charge in [-0.15, -0.1) is 0 Å². The Bertz CT molecular complexity index is 1010. The lowest BCUT2D eigenvalue weighted by Crippen LogP contribution is -2.10. The highest BCUT2D eigenvalue weighted by atomic mass is 16.6. The van der Waals surface area contributed by atoms with Gasteiger partial charge in [0.25, 0.3) is 17.3 Å². The Morgan fingerprint density at radius 1 is 0.893 bits per heavy atom. The van der Waals surface area contributed by atoms with Crippen molar-refractivity contribution >= 4 is 23.0 Å². The normalized spacial score (nSPS) is 10.3. The van der Waals surface area contributed by atoms with Gasteiger partial charge in [-0.05, 0) is 36.4 Å². The molecule has 10 heteroatoms. The topological polar surface area (TPSA) is 138 Å². The SMILES string of the molecule is O=C(Nc1ccc([N+](=O)[O-])cc1)c1ccc(COc2ccc([N+](=O)[O-])cc2)o1. The number of carbonyl (C=O) groups excluding carboxylic acids is 1. The molecule has 1 amide bonds. The molecule has 2 aromatic carbocycles. The van der Waals surface area contributed by atoms with Gasteiger partial charge < -0.3 is 14.5 Å². The third-order valence-electron chi connectivity index (χ3n) is 3.65. The number of hydrogen-bond donors (Lipinski definition) is 1. The minimum Gasteiger partial charge on any atom is -0.486 e. The minimum absolute atomic E-state index is 0.0304. The Balaban J connectivity index is 1.57. The number of furan rings is 1. The van der Waals surface area contributed by atoms with Crippen molar-refractivity contribution in [2.24, 2.45) is 0 Å². The van der Waals surface area contributed by atoms with E-state index in [0.29, 0.717) is 17.2 Å². The van der Waals surface area contributed by atoms with Gasteiger partial charge in [0.05, 0.1) is 9.85 Å². The van der Waals surface area contributed by atoms with Gasteiger partial charge in [-0.2, -0.15) is 0 Å². The largest absolute Gasteiger partial charge is 0.486 e. The van der Waals surface area contributed by atoms with Crippen molar-refractivity contribution in [3.05, 3.63) is 92.4 Å². The molecule has 0 fully saturated rings. The van der Waals surface area contributed by atoms with E-state index in [1.165, 1.54) is 54.6 Å². The Labute approximate surface area is 157 Å². The van der Waals surface area contributed by atoms with Crippen LogP contribution in [0.4, 0.5) is 17.1 Å². The second-order valence-corrected chi connectivity index (χ2v) is 5.56. The average Bonchev–Trinajstić information content (AvgIpc) is 3.16. The summed E-state index contributed by atoms with van der Waals surface area (Å²) in [7, 11) is 0. The lowest BCUT2D eigenvalue weighted by Gasteiger charge is -2.04. The van der Waals surface area contributed by atoms with Gasteiger partial charge >= 0.3 is 0 Å². The number of nitro benzene ring substituents is 2. The first-order valence-corrected chi connectivity index (χ1v) is 7.94. The molecule has 3 rings (SSSR count). The number of nitro groups is 2. The number of benzene rings is 2. The van der Waals surface area contributed by atoms with Crippen molar-refractivity contribution in [1.29, 1.82) is 0 Å². The maximum Gasteiger partial charge on any atom is 0.291 e. The summed E-state index contributed by atoms with van der Waals surface area (Å²) in [6.45, 7) is 0.0304. The zero-order valence-electron chi connectivity index (χ0n) is 14.2. The van der Waals surface area contributed by atoms with Crippen molar-refractivity contribution in [2.75, 3.05) is 5.32 Å². The van der Waals surface area contributed by atoms with Crippen molar-refractivity contribution < 1.29 is 23.8 Å². The molecule has 1 N–H and O–H groups in total. The summed E-state index contributed by atoms with van der Waals surface area (Å²) in [4.78, 5) is 32.4. The molecule has 28 heavy (non-hydrogen) atoms. The van der Waals surface area contributed by atoms with Crippen molar-refractivity contribution in [3.8, 4) is 5.75 Å². The summed E-state index contributed by atoms with van der Waals surface area (Å²) in [5, 5.41) is 23.8. The molecule has 0 aliphatic rings. The maximum absolute atomic E-state index is 12.2. The summed E-state index contributed by atoms with van der Waals surface area (Å²) in [6.07, 6.45) is 0. The van der Waals surface area contributed by atoms with E-state index in [9.17, 15) is 25.0 Å². The third kappa shape index (κ3) is 4.49. The van der Waals surface area contributed by atoms with Crippen LogP contribution in [-0.2, 0) is 6.61 Å². The van der Waals surface area contributed by atoms with Gasteiger partial charge in [0.1, 0.15) is 18.1 Å². The number of amides is 1. The predicted octanol–water partition coefficient (Wildman–Crippen LogP) is 3.93. The molecule has 142 valence electrons. The molecule has 0 unspecified atom stereocenters. The summed E-state index contributed by atoms with van der Waals surface area (Å²) in [6, 6.07) is 14.0. The highest BCUT2D eigenvalue weighted by Gasteiger charge is 2.13. The molecule has 0 radical (unpaired) electrons. The zero-order valence-corrected chi connectivity index (χ0v) is 14.2. The summed E-state index contributed by atoms with van der Waals surface area (Å²) in [5.41, 5.74) is 0.257. The Hall–Kier alpha value is -4.21. The molecule has 1 aromatic heterocycles. The second kappa shape index (κ2) is 7.99. The average molecular weight is 383 g/mol. The van der Waals surface area contributed by atoms with Crippen LogP contribution in [0.3, 0.4) is 0 Å². The Morgan fingerprint density at radius 3 is 2.04 bits per heavy atom. The van der Waals surface area contributed by atoms with Gasteiger partial charge in [-0.3, -0.25) is 25.0 Å². The lowest BCUT2D eigenvalue weighted by atomic mass is 10.3. The van der Waals surface area contributed by atoms with Crippen LogP contribution in [0.15, 0.2) is 65.1 Å². The van der Waals surface area contributed by atoms with Crippen LogP contribution in [-0.4, -0.2) is 15.8 Å². The molecule has 1 heterocycles. The summed E-state index contributed by atoms with van der Waals surface area (Å²) < 4.78 is 10.9. The Kier molecular flexibility index (Phi) is 5.30. The van der Waals surface area contributed by atoms with Crippen LogP contribution >= 0.6 is 0 Å². The third-order valence-corrected chi connectivity index (χ3v) is 3.65. The first-order chi connectivity index (χ1) is 13.4. The number of anilines is 1. The van der Waals surface area contributed by atoms with E-state index in [-0.39, 0.29) is 23.7 Å². The lowest BCUT2D eigenvalue weighted by molar-refractivity contribution is -0.385. The zero-order chi connectivity index (χ0) is 20.1. The number of carbonyl (C=O) groups is 1. The van der Waals surface area contributed by atoms with Crippen LogP contribution in [0.25, 0.3) is 0 Å². The van der Waals surface area contributed by atoms with Gasteiger partial charge in [-0.25, -0.2) is 0 Å². The highest BCUT2D eigenvalue weighted by Crippen LogP contribution is 2.20. The van der Waals surface area contributed by atoms with E-state index in [1.807, 2.05) is 0 Å². The fourth-order valence-corrected chi connectivity index (χ4v) is 2.26. The van der Waals surface area contributed by atoms with E-state index >= 15 is 0 Å². The maximum atomic E-state index is 12.2. The highest BCUT2D eigenvalue weighted by molar-refractivity contribution is 6.02.